The van der Waals surface area contributed by atoms with Crippen LogP contribution in [0, 0.1) is 285 Å². The number of para-hydroxylation sites is 2. The number of hydrogen-bond acceptors (Lipinski definition) is 4. The molecule has 0 aliphatic rings. The van der Waals surface area contributed by atoms with Crippen molar-refractivity contribution >= 4 is 174 Å². The van der Waals surface area contributed by atoms with E-state index in [9.17, 15) is 0 Å². The molecule has 0 unspecified atom stereocenters. The molecular formula is C141H63BrN2O2. The van der Waals surface area contributed by atoms with E-state index in [0.717, 1.165) is 76.8 Å². The number of nitrogens with zero attached hydrogens (tertiary/aromatic N) is 1. The van der Waals surface area contributed by atoms with Crippen LogP contribution in [0.5, 0.6) is 0 Å². The van der Waals surface area contributed by atoms with Crippen LogP contribution in [0.2, 0.25) is 0 Å². The number of nitrogens with one attached hydrogen (secondary N) is 1. The normalized spacial score (nSPS) is 8.99. The van der Waals surface area contributed by atoms with Gasteiger partial charge in [-0.25, -0.2) is 0 Å². The van der Waals surface area contributed by atoms with Crippen LogP contribution in [0.4, 0.5) is 28.4 Å². The van der Waals surface area contributed by atoms with Crippen LogP contribution in [-0.2, 0) is 0 Å². The molecule has 146 heavy (non-hydrogen) atoms. The third-order valence-electron chi connectivity index (χ3n) is 22.1. The second-order valence-corrected chi connectivity index (χ2v) is 31.8. The van der Waals surface area contributed by atoms with Crippen LogP contribution in [0.25, 0.3) is 152 Å². The molecule has 0 aliphatic carbocycles. The Morgan fingerprint density at radius 3 is 0.856 bits per heavy atom. The maximum Gasteiger partial charge on any atom is 0.136 e. The molecular weight excluding hydrogens is 1830 g/mol. The molecule has 2 heterocycles. The Hall–Kier alpha value is -22.8. The summed E-state index contributed by atoms with van der Waals surface area (Å²) in [6.45, 7) is 1.69. The molecule has 0 atom stereocenters. The Morgan fingerprint density at radius 2 is 0.479 bits per heavy atom. The number of hydrogen-bond donors (Lipinski definition) is 1. The van der Waals surface area contributed by atoms with E-state index >= 15 is 0 Å². The first-order chi connectivity index (χ1) is 72.4. The smallest absolute Gasteiger partial charge is 0.136 e. The lowest BCUT2D eigenvalue weighted by atomic mass is 9.90. The van der Waals surface area contributed by atoms with Gasteiger partial charge in [-0.1, -0.05) is 265 Å². The van der Waals surface area contributed by atoms with Gasteiger partial charge in [-0.2, -0.15) is 0 Å². The van der Waals surface area contributed by atoms with Crippen molar-refractivity contribution in [1.82, 2.24) is 0 Å². The number of furan rings is 2. The van der Waals surface area contributed by atoms with Crippen molar-refractivity contribution in [3.63, 3.8) is 0 Å². The summed E-state index contributed by atoms with van der Waals surface area (Å²) in [6, 6.07) is 125. The fraction of sp³-hybridized carbons (Fsp3) is 0.00709. The minimum atomic E-state index is 0.884. The molecule has 18 aromatic carbocycles. The van der Waals surface area contributed by atoms with Crippen molar-refractivity contribution in [3.8, 4) is 307 Å². The molecule has 0 bridgehead atoms. The first kappa shape index (κ1) is 94.9. The zero-order chi connectivity index (χ0) is 99.6. The summed E-state index contributed by atoms with van der Waals surface area (Å²) in [7, 11) is 0. The molecule has 5 heteroatoms. The van der Waals surface area contributed by atoms with Gasteiger partial charge in [-0.3, -0.25) is 0 Å². The molecule has 0 fully saturated rings. The van der Waals surface area contributed by atoms with Gasteiger partial charge < -0.3 is 19.1 Å². The number of benzene rings is 18. The van der Waals surface area contributed by atoms with Gasteiger partial charge in [0, 0.05) is 232 Å². The highest BCUT2D eigenvalue weighted by atomic mass is 79.9. The monoisotopic (exact) mass is 1890 g/mol. The van der Waals surface area contributed by atoms with E-state index in [1.165, 1.54) is 108 Å². The van der Waals surface area contributed by atoms with Crippen molar-refractivity contribution in [3.05, 3.63) is 356 Å². The topological polar surface area (TPSA) is 41.6 Å². The minimum absolute atomic E-state index is 0.884. The van der Waals surface area contributed by atoms with Gasteiger partial charge in [0.1, 0.15) is 22.3 Å². The highest BCUT2D eigenvalue weighted by molar-refractivity contribution is 9.10. The highest BCUT2D eigenvalue weighted by Gasteiger charge is 2.21. The van der Waals surface area contributed by atoms with Crippen molar-refractivity contribution < 1.29 is 8.83 Å². The average Bonchev–Trinajstić information content (AvgIpc) is 1.36. The summed E-state index contributed by atoms with van der Waals surface area (Å²) < 4.78 is 14.0. The molecule has 0 aliphatic heterocycles. The SMILES string of the molecule is Brc1ccc2oc3cc4c(cc3c2c1)c1ccccc1c1ccc2ccccc2c14.C#CC#CC#CC#CC#CC#CC#CC#CC#CC#CC#CC#CC#CC#CC#CC#CC#CC#CC#CC#CC#CC#CC#CC#CC.c1ccc(-c2ccc(N(c3ccccc3)c3ccc4oc5cc6c(cc5c4c3)c3ccccc3c3ccc4ccccc4c36)cc2)cc1.c1ccc(Nc2ccc(-c3ccccc3)cc2)cc1. The largest absolute Gasteiger partial charge is 0.456 e. The summed E-state index contributed by atoms with van der Waals surface area (Å²) in [5.41, 5.74) is 14.0. The van der Waals surface area contributed by atoms with Crippen molar-refractivity contribution in [2.75, 3.05) is 10.2 Å². The van der Waals surface area contributed by atoms with Crippen molar-refractivity contribution in [1.29, 1.82) is 0 Å². The second-order valence-electron chi connectivity index (χ2n) is 30.9. The molecule has 0 radical (unpaired) electrons. The van der Waals surface area contributed by atoms with E-state index in [1.807, 2.05) is 36.4 Å². The van der Waals surface area contributed by atoms with Gasteiger partial charge in [0.25, 0.3) is 0 Å². The van der Waals surface area contributed by atoms with Gasteiger partial charge in [0.2, 0.25) is 0 Å². The Labute approximate surface area is 857 Å². The van der Waals surface area contributed by atoms with E-state index in [1.54, 1.807) is 6.92 Å². The fourth-order valence-electron chi connectivity index (χ4n) is 16.0. The van der Waals surface area contributed by atoms with Crippen LogP contribution in [0.1, 0.15) is 6.92 Å². The van der Waals surface area contributed by atoms with Gasteiger partial charge in [0.15, 0.2) is 0 Å². The van der Waals surface area contributed by atoms with Crippen LogP contribution < -0.4 is 10.2 Å². The first-order valence-electron chi connectivity index (χ1n) is 45.2. The zero-order valence-corrected chi connectivity index (χ0v) is 79.3. The van der Waals surface area contributed by atoms with E-state index in [0.29, 0.717) is 0 Å². The van der Waals surface area contributed by atoms with Gasteiger partial charge in [0.05, 0.1) is 0 Å². The number of anilines is 5. The lowest BCUT2D eigenvalue weighted by Gasteiger charge is -2.25. The number of rotatable bonds is 7. The van der Waals surface area contributed by atoms with Gasteiger partial charge >= 0.3 is 0 Å². The number of halogens is 1. The quantitative estimate of drug-likeness (QED) is 0.128. The van der Waals surface area contributed by atoms with E-state index < -0.39 is 0 Å². The molecule has 0 saturated carbocycles. The summed E-state index contributed by atoms with van der Waals surface area (Å²) in [6.07, 6.45) is 4.94. The molecule has 2 aromatic heterocycles. The Bertz CT molecular complexity index is 10500. The predicted octanol–water partition coefficient (Wildman–Crippen LogP) is 28.1. The third-order valence-corrected chi connectivity index (χ3v) is 22.6. The molecule has 656 valence electrons. The Kier molecular flexibility index (Phi) is 32.2. The minimum Gasteiger partial charge on any atom is -0.456 e. The van der Waals surface area contributed by atoms with Crippen LogP contribution in [-0.4, -0.2) is 0 Å². The molecule has 0 spiro atoms. The molecule has 20 aromatic rings. The average molecular weight is 1900 g/mol. The summed E-state index contributed by atoms with van der Waals surface area (Å²) in [5.74, 6) is 117. The van der Waals surface area contributed by atoms with Gasteiger partial charge in [-0.15, -0.1) is 6.42 Å². The zero-order valence-electron chi connectivity index (χ0n) is 77.7. The van der Waals surface area contributed by atoms with Crippen LogP contribution in [0.15, 0.2) is 365 Å². The van der Waals surface area contributed by atoms with Gasteiger partial charge in [-0.05, 0) is 319 Å². The number of fused-ring (bicyclic) bond motifs is 22. The molecule has 4 nitrogen and oxygen atoms in total. The van der Waals surface area contributed by atoms with Crippen molar-refractivity contribution in [2.45, 2.75) is 6.92 Å². The lowest BCUT2D eigenvalue weighted by molar-refractivity contribution is 0.669. The maximum absolute atomic E-state index is 6.63. The van der Waals surface area contributed by atoms with Crippen LogP contribution in [0.3, 0.4) is 0 Å². The first-order valence-corrected chi connectivity index (χ1v) is 46.0. The van der Waals surface area contributed by atoms with E-state index in [2.05, 4.69) is 620 Å². The third kappa shape index (κ3) is 24.5. The highest BCUT2D eigenvalue weighted by Crippen LogP contribution is 2.47. The lowest BCUT2D eigenvalue weighted by Crippen LogP contribution is -2.09. The van der Waals surface area contributed by atoms with Crippen molar-refractivity contribution in [2.24, 2.45) is 0 Å². The molecule has 20 rings (SSSR count). The maximum atomic E-state index is 6.63. The fourth-order valence-corrected chi connectivity index (χ4v) is 16.4. The number of terminal acetylenes is 1. The molecule has 0 amide bonds. The molecule has 0 saturated heterocycles. The summed E-state index contributed by atoms with van der Waals surface area (Å²) >= 11 is 3.61. The Balaban J connectivity index is 0.000000140. The second kappa shape index (κ2) is 49.6. The Morgan fingerprint density at radius 1 is 0.199 bits per heavy atom. The van der Waals surface area contributed by atoms with Crippen LogP contribution >= 0.6 is 15.9 Å². The predicted molar refractivity (Wildman–Crippen MR) is 610 cm³/mol. The summed E-state index contributed by atoms with van der Waals surface area (Å²) in [5, 5.41) is 28.2. The summed E-state index contributed by atoms with van der Waals surface area (Å²) in [4.78, 5) is 2.32. The van der Waals surface area contributed by atoms with E-state index in [4.69, 9.17) is 15.3 Å². The molecule has 1 N–H and O–H groups in total. The standard InChI is InChI=1S/C49H4.C46H29NO.C28H15BrO.C18H15N/c1-3-5-7-9-11-13-15-17-19-21-23-25-27-29-31-33-35-37-39-41-43-45-47-49-48-46-44-42-40-38-36-34-32-30-28-26-24-22-20-18-16-14-12-10-8-6-4-2;1-3-11-30(12-4-1)31-19-22-34(23-20-31)47(33-14-5-2-6-15-33)35-24-26-44-41(27-35)42-28-40-38-18-10-9-17-37(38)39-25-21-32-13-7-8-16-36(32)46(39)43(40)29-45(42)48-44;29-17-10-12-26-23(13-17)24-14-22-20-8-4-3-7-19(20)21-11-9-16-5-1-2-6-18(16)28(21)25(22)15-27(24)30-26;1-3-7-15(8-4-1)16-11-13-18(14-12-16)19-17-9-5-2-6-10-17/h1H,2H3;1-29H;1-15H;1-14,19H. The van der Waals surface area contributed by atoms with E-state index in [-0.39, 0.29) is 0 Å².